The summed E-state index contributed by atoms with van der Waals surface area (Å²) in [6, 6.07) is 3.88. The van der Waals surface area contributed by atoms with Crippen molar-refractivity contribution >= 4 is 27.3 Å². The van der Waals surface area contributed by atoms with Crippen LogP contribution in [0, 0.1) is 13.8 Å². The Morgan fingerprint density at radius 3 is 2.72 bits per heavy atom. The van der Waals surface area contributed by atoms with Gasteiger partial charge in [-0.3, -0.25) is 9.89 Å². The Morgan fingerprint density at radius 1 is 1.28 bits per heavy atom. The largest absolute Gasteiger partial charge is 0.341 e. The van der Waals surface area contributed by atoms with Crippen molar-refractivity contribution < 1.29 is 13.2 Å². The van der Waals surface area contributed by atoms with Crippen molar-refractivity contribution in [3.05, 3.63) is 33.8 Å². The van der Waals surface area contributed by atoms with E-state index in [-0.39, 0.29) is 10.8 Å². The van der Waals surface area contributed by atoms with Gasteiger partial charge in [-0.05, 0) is 31.7 Å². The summed E-state index contributed by atoms with van der Waals surface area (Å²) < 4.78 is 27.3. The Morgan fingerprint density at radius 2 is 2.08 bits per heavy atom. The highest BCUT2D eigenvalue weighted by Crippen LogP contribution is 2.23. The number of aromatic nitrogens is 2. The van der Waals surface area contributed by atoms with Gasteiger partial charge in [0.2, 0.25) is 15.9 Å². The lowest BCUT2D eigenvalue weighted by Crippen LogP contribution is -2.38. The number of nitrogens with zero attached hydrogens (tertiary/aromatic N) is 3. The molecule has 1 aliphatic rings. The molecule has 0 saturated carbocycles. The monoisotopic (exact) mass is 382 g/mol. The second-order valence-electron chi connectivity index (χ2n) is 6.16. The molecule has 7 nitrogen and oxygen atoms in total. The third kappa shape index (κ3) is 3.78. The van der Waals surface area contributed by atoms with E-state index in [4.69, 9.17) is 0 Å². The second kappa shape index (κ2) is 7.27. The van der Waals surface area contributed by atoms with E-state index in [0.717, 1.165) is 4.88 Å². The molecule has 0 aromatic carbocycles. The molecule has 3 heterocycles. The van der Waals surface area contributed by atoms with E-state index in [0.29, 0.717) is 50.4 Å². The van der Waals surface area contributed by atoms with E-state index in [1.54, 1.807) is 30.1 Å². The van der Waals surface area contributed by atoms with Crippen LogP contribution in [0.3, 0.4) is 0 Å². The lowest BCUT2D eigenvalue weighted by molar-refractivity contribution is -0.130. The molecular formula is C16H22N4O3S2. The molecule has 25 heavy (non-hydrogen) atoms. The SMILES string of the molecule is Cc1n[nH]c(C)c1S(=O)(=O)N1CCCN(C(=O)Cc2cccs2)CC1. The van der Waals surface area contributed by atoms with Gasteiger partial charge < -0.3 is 4.90 Å². The zero-order valence-corrected chi connectivity index (χ0v) is 16.0. The van der Waals surface area contributed by atoms with Gasteiger partial charge in [0, 0.05) is 31.1 Å². The first-order chi connectivity index (χ1) is 11.9. The van der Waals surface area contributed by atoms with Crippen molar-refractivity contribution in [2.75, 3.05) is 26.2 Å². The third-order valence-corrected chi connectivity index (χ3v) is 7.41. The van der Waals surface area contributed by atoms with E-state index in [1.165, 1.54) is 4.31 Å². The van der Waals surface area contributed by atoms with Crippen LogP contribution in [0.4, 0.5) is 0 Å². The predicted molar refractivity (Wildman–Crippen MR) is 96.0 cm³/mol. The molecule has 2 aromatic rings. The number of hydrogen-bond acceptors (Lipinski definition) is 5. The van der Waals surface area contributed by atoms with Crippen LogP contribution in [0.25, 0.3) is 0 Å². The van der Waals surface area contributed by atoms with Crippen LogP contribution >= 0.6 is 11.3 Å². The molecule has 1 saturated heterocycles. The predicted octanol–water partition coefficient (Wildman–Crippen LogP) is 1.55. The van der Waals surface area contributed by atoms with Crippen LogP contribution in [0.2, 0.25) is 0 Å². The average Bonchev–Trinajstić information content (AvgIpc) is 3.09. The summed E-state index contributed by atoms with van der Waals surface area (Å²) in [6.07, 6.45) is 1.01. The summed E-state index contributed by atoms with van der Waals surface area (Å²) in [7, 11) is -3.60. The molecule has 9 heteroatoms. The molecule has 0 bridgehead atoms. The van der Waals surface area contributed by atoms with Gasteiger partial charge >= 0.3 is 0 Å². The number of hydrogen-bond donors (Lipinski definition) is 1. The van der Waals surface area contributed by atoms with Crippen LogP contribution in [0.1, 0.15) is 22.7 Å². The normalized spacial score (nSPS) is 16.8. The Labute approximate surface area is 151 Å². The van der Waals surface area contributed by atoms with Gasteiger partial charge in [-0.1, -0.05) is 6.07 Å². The lowest BCUT2D eigenvalue weighted by Gasteiger charge is -2.22. The van der Waals surface area contributed by atoms with Gasteiger partial charge in [-0.25, -0.2) is 8.42 Å². The maximum Gasteiger partial charge on any atom is 0.246 e. The van der Waals surface area contributed by atoms with Crippen molar-refractivity contribution in [3.63, 3.8) is 0 Å². The molecule has 0 unspecified atom stereocenters. The first-order valence-corrected chi connectivity index (χ1v) is 10.5. The molecule has 1 N–H and O–H groups in total. The first-order valence-electron chi connectivity index (χ1n) is 8.21. The van der Waals surface area contributed by atoms with Gasteiger partial charge in [0.1, 0.15) is 4.90 Å². The standard InChI is InChI=1S/C16H22N4O3S2/c1-12-16(13(2)18-17-12)25(22,23)20-7-4-6-19(8-9-20)15(21)11-14-5-3-10-24-14/h3,5,10H,4,6-9,11H2,1-2H3,(H,17,18). The minimum atomic E-state index is -3.60. The highest BCUT2D eigenvalue weighted by Gasteiger charge is 2.31. The molecule has 3 rings (SSSR count). The molecule has 1 fully saturated rings. The summed E-state index contributed by atoms with van der Waals surface area (Å²) in [4.78, 5) is 15.5. The molecule has 1 aliphatic heterocycles. The number of nitrogens with one attached hydrogen (secondary N) is 1. The maximum atomic E-state index is 12.9. The van der Waals surface area contributed by atoms with E-state index in [2.05, 4.69) is 10.2 Å². The third-order valence-electron chi connectivity index (χ3n) is 4.37. The molecule has 0 atom stereocenters. The van der Waals surface area contributed by atoms with Crippen molar-refractivity contribution in [3.8, 4) is 0 Å². The summed E-state index contributed by atoms with van der Waals surface area (Å²) in [5.41, 5.74) is 1.03. The molecule has 0 radical (unpaired) electrons. The number of rotatable bonds is 4. The lowest BCUT2D eigenvalue weighted by atomic mass is 10.3. The summed E-state index contributed by atoms with van der Waals surface area (Å²) in [5, 5.41) is 8.68. The van der Waals surface area contributed by atoms with Gasteiger partial charge in [-0.15, -0.1) is 11.3 Å². The van der Waals surface area contributed by atoms with Crippen LogP contribution in [-0.4, -0.2) is 59.9 Å². The topological polar surface area (TPSA) is 86.4 Å². The number of amides is 1. The van der Waals surface area contributed by atoms with Crippen molar-refractivity contribution in [1.29, 1.82) is 0 Å². The number of H-pyrrole nitrogens is 1. The second-order valence-corrected chi connectivity index (χ2v) is 9.06. The number of thiophene rings is 1. The number of carbonyl (C=O) groups excluding carboxylic acids is 1. The minimum Gasteiger partial charge on any atom is -0.341 e. The fraction of sp³-hybridized carbons (Fsp3) is 0.500. The number of carbonyl (C=O) groups is 1. The number of aryl methyl sites for hydroxylation is 2. The zero-order chi connectivity index (χ0) is 18.0. The van der Waals surface area contributed by atoms with E-state index < -0.39 is 10.0 Å². The van der Waals surface area contributed by atoms with Crippen LogP contribution in [0.15, 0.2) is 22.4 Å². The summed E-state index contributed by atoms with van der Waals surface area (Å²) in [5.74, 6) is 0.0531. The first kappa shape index (κ1) is 18.1. The van der Waals surface area contributed by atoms with Gasteiger partial charge in [-0.2, -0.15) is 9.40 Å². The Hall–Kier alpha value is -1.71. The molecule has 2 aromatic heterocycles. The Kier molecular flexibility index (Phi) is 5.26. The van der Waals surface area contributed by atoms with Crippen molar-refractivity contribution in [2.45, 2.75) is 31.6 Å². The van der Waals surface area contributed by atoms with E-state index in [9.17, 15) is 13.2 Å². The van der Waals surface area contributed by atoms with Crippen LogP contribution in [0.5, 0.6) is 0 Å². The molecule has 0 aliphatic carbocycles. The van der Waals surface area contributed by atoms with Gasteiger partial charge in [0.25, 0.3) is 0 Å². The molecule has 136 valence electrons. The van der Waals surface area contributed by atoms with Crippen molar-refractivity contribution in [2.24, 2.45) is 0 Å². The van der Waals surface area contributed by atoms with Crippen molar-refractivity contribution in [1.82, 2.24) is 19.4 Å². The average molecular weight is 383 g/mol. The van der Waals surface area contributed by atoms with Crippen LogP contribution < -0.4 is 0 Å². The Balaban J connectivity index is 1.70. The number of aromatic amines is 1. The summed E-state index contributed by atoms with van der Waals surface area (Å²) in [6.45, 7) is 5.11. The molecule has 0 spiro atoms. The van der Waals surface area contributed by atoms with Gasteiger partial charge in [0.15, 0.2) is 0 Å². The van der Waals surface area contributed by atoms with E-state index in [1.807, 2.05) is 17.5 Å². The van der Waals surface area contributed by atoms with Crippen LogP contribution in [-0.2, 0) is 21.2 Å². The zero-order valence-electron chi connectivity index (χ0n) is 14.4. The maximum absolute atomic E-state index is 12.9. The fourth-order valence-electron chi connectivity index (χ4n) is 3.11. The summed E-state index contributed by atoms with van der Waals surface area (Å²) >= 11 is 1.56. The number of sulfonamides is 1. The van der Waals surface area contributed by atoms with Gasteiger partial charge in [0.05, 0.1) is 17.8 Å². The highest BCUT2D eigenvalue weighted by molar-refractivity contribution is 7.89. The fourth-order valence-corrected chi connectivity index (χ4v) is 5.60. The quantitative estimate of drug-likeness (QED) is 0.869. The Bertz CT molecular complexity index is 823. The highest BCUT2D eigenvalue weighted by atomic mass is 32.2. The molecular weight excluding hydrogens is 360 g/mol. The van der Waals surface area contributed by atoms with E-state index >= 15 is 0 Å². The molecule has 1 amide bonds. The smallest absolute Gasteiger partial charge is 0.246 e. The minimum absolute atomic E-state index is 0.0531.